The van der Waals surface area contributed by atoms with E-state index in [2.05, 4.69) is 10.2 Å². The molecule has 3 heterocycles. The van der Waals surface area contributed by atoms with Crippen LogP contribution in [-0.4, -0.2) is 21.0 Å². The largest absolute Gasteiger partial charge is 0.450 e. The lowest BCUT2D eigenvalue weighted by atomic mass is 9.98. The summed E-state index contributed by atoms with van der Waals surface area (Å²) in [6, 6.07) is 18.3. The monoisotopic (exact) mass is 556 g/mol. The van der Waals surface area contributed by atoms with Gasteiger partial charge in [0.25, 0.3) is 11.6 Å². The predicted molar refractivity (Wildman–Crippen MR) is 150 cm³/mol. The van der Waals surface area contributed by atoms with E-state index in [-0.39, 0.29) is 27.6 Å². The molecule has 39 heavy (non-hydrogen) atoms. The molecule has 5 aromatic rings. The minimum absolute atomic E-state index is 0.100. The molecule has 2 aromatic heterocycles. The summed E-state index contributed by atoms with van der Waals surface area (Å²) in [5, 5.41) is 20.7. The topological polar surface area (TPSA) is 119 Å². The fraction of sp³-hybridized carbons (Fsp3) is 0.143. The first-order chi connectivity index (χ1) is 18.8. The third-order valence-corrected chi connectivity index (χ3v) is 8.63. The van der Waals surface area contributed by atoms with Crippen LogP contribution in [0, 0.1) is 24.0 Å². The molecule has 0 bridgehead atoms. The van der Waals surface area contributed by atoms with Crippen LogP contribution in [0.25, 0.3) is 11.0 Å². The molecule has 9 nitrogen and oxygen atoms in total. The van der Waals surface area contributed by atoms with Gasteiger partial charge in [-0.1, -0.05) is 76.7 Å². The van der Waals surface area contributed by atoms with Gasteiger partial charge in [0.15, 0.2) is 9.77 Å². The molecule has 1 unspecified atom stereocenters. The van der Waals surface area contributed by atoms with Gasteiger partial charge < -0.3 is 4.42 Å². The van der Waals surface area contributed by atoms with E-state index < -0.39 is 16.9 Å². The van der Waals surface area contributed by atoms with Crippen LogP contribution in [0.4, 0.5) is 10.8 Å². The fourth-order valence-corrected chi connectivity index (χ4v) is 6.42. The maximum atomic E-state index is 13.8. The third kappa shape index (κ3) is 4.49. The van der Waals surface area contributed by atoms with Crippen LogP contribution in [0.2, 0.25) is 0 Å². The molecule has 0 fully saturated rings. The number of nitro groups is 1. The molecule has 0 N–H and O–H groups in total. The quantitative estimate of drug-likeness (QED) is 0.105. The van der Waals surface area contributed by atoms with Crippen molar-refractivity contribution in [3.05, 3.63) is 121 Å². The molecule has 1 aliphatic rings. The van der Waals surface area contributed by atoms with E-state index in [9.17, 15) is 19.7 Å². The number of benzene rings is 3. The fourth-order valence-electron chi connectivity index (χ4n) is 4.60. The van der Waals surface area contributed by atoms with E-state index >= 15 is 0 Å². The number of amides is 1. The van der Waals surface area contributed by atoms with Gasteiger partial charge in [-0.05, 0) is 37.1 Å². The van der Waals surface area contributed by atoms with E-state index in [1.807, 2.05) is 38.1 Å². The maximum Gasteiger partial charge on any atom is 0.297 e. The Balaban J connectivity index is 1.45. The van der Waals surface area contributed by atoms with Gasteiger partial charge in [0, 0.05) is 17.9 Å². The number of carbonyl (C=O) groups is 1. The highest BCUT2D eigenvalue weighted by molar-refractivity contribution is 8.00. The van der Waals surface area contributed by atoms with Crippen molar-refractivity contribution in [2.45, 2.75) is 30.0 Å². The molecular formula is C28H20N4O5S2. The third-order valence-electron chi connectivity index (χ3n) is 6.51. The lowest BCUT2D eigenvalue weighted by Gasteiger charge is -2.21. The number of aryl methyl sites for hydroxylation is 2. The predicted octanol–water partition coefficient (Wildman–Crippen LogP) is 6.21. The summed E-state index contributed by atoms with van der Waals surface area (Å²) < 4.78 is 6.63. The molecule has 0 saturated carbocycles. The molecule has 3 aromatic carbocycles. The van der Waals surface area contributed by atoms with Crippen LogP contribution in [-0.2, 0) is 5.75 Å². The first kappa shape index (κ1) is 25.0. The number of hydrogen-bond donors (Lipinski definition) is 0. The van der Waals surface area contributed by atoms with Crippen molar-refractivity contribution in [2.75, 3.05) is 4.90 Å². The molecule has 1 amide bonds. The summed E-state index contributed by atoms with van der Waals surface area (Å²) in [6.07, 6.45) is 0. The number of non-ortho nitro benzene ring substituents is 1. The van der Waals surface area contributed by atoms with Crippen molar-refractivity contribution >= 4 is 50.8 Å². The van der Waals surface area contributed by atoms with Gasteiger partial charge in [-0.15, -0.1) is 10.2 Å². The average molecular weight is 557 g/mol. The van der Waals surface area contributed by atoms with Crippen LogP contribution in [0.3, 0.4) is 0 Å². The van der Waals surface area contributed by atoms with E-state index in [0.29, 0.717) is 26.6 Å². The van der Waals surface area contributed by atoms with Crippen molar-refractivity contribution in [2.24, 2.45) is 0 Å². The summed E-state index contributed by atoms with van der Waals surface area (Å²) in [4.78, 5) is 39.9. The number of aromatic nitrogens is 2. The van der Waals surface area contributed by atoms with Crippen LogP contribution in [0.15, 0.2) is 80.3 Å². The second-order valence-electron chi connectivity index (χ2n) is 9.23. The lowest BCUT2D eigenvalue weighted by Crippen LogP contribution is -2.29. The van der Waals surface area contributed by atoms with Crippen LogP contribution in [0.5, 0.6) is 0 Å². The molecule has 1 aliphatic heterocycles. The van der Waals surface area contributed by atoms with Crippen LogP contribution in [0.1, 0.15) is 44.4 Å². The zero-order chi connectivity index (χ0) is 27.3. The molecule has 0 radical (unpaired) electrons. The molecule has 0 spiro atoms. The molecule has 1 atom stereocenters. The average Bonchev–Trinajstić information content (AvgIpc) is 3.51. The molecular weight excluding hydrogens is 536 g/mol. The van der Waals surface area contributed by atoms with Crippen molar-refractivity contribution in [3.8, 4) is 0 Å². The standard InChI is InChI=1S/C28H20N4O5S2/c1-15-6-9-17(10-7-15)14-38-28-30-29-27(39-28)31-23(18-4-3-5-19(13-18)32(35)36)22-24(33)20-12-16(2)8-11-21(20)37-25(22)26(31)34/h3-13,23H,14H2,1-2H3. The van der Waals surface area contributed by atoms with Gasteiger partial charge in [-0.3, -0.25) is 24.6 Å². The molecule has 11 heteroatoms. The van der Waals surface area contributed by atoms with Crippen LogP contribution >= 0.6 is 23.1 Å². The normalized spacial score (nSPS) is 14.7. The summed E-state index contributed by atoms with van der Waals surface area (Å²) in [5.41, 5.74) is 3.47. The Bertz CT molecular complexity index is 1830. The van der Waals surface area contributed by atoms with Gasteiger partial charge >= 0.3 is 0 Å². The first-order valence-electron chi connectivity index (χ1n) is 12.0. The molecule has 194 valence electrons. The number of nitrogens with zero attached hydrogens (tertiary/aromatic N) is 4. The van der Waals surface area contributed by atoms with E-state index in [1.54, 1.807) is 24.3 Å². The Hall–Kier alpha value is -4.35. The Morgan fingerprint density at radius 1 is 1.03 bits per heavy atom. The molecule has 0 saturated heterocycles. The maximum absolute atomic E-state index is 13.8. The minimum Gasteiger partial charge on any atom is -0.450 e. The van der Waals surface area contributed by atoms with Crippen molar-refractivity contribution in [1.82, 2.24) is 10.2 Å². The highest BCUT2D eigenvalue weighted by Crippen LogP contribution is 2.44. The number of thioether (sulfide) groups is 1. The number of carbonyl (C=O) groups excluding carboxylic acids is 1. The second kappa shape index (κ2) is 9.75. The summed E-state index contributed by atoms with van der Waals surface area (Å²) in [6.45, 7) is 3.89. The SMILES string of the molecule is Cc1ccc(CSc2nnc(N3C(=O)c4oc5ccc(C)cc5c(=O)c4C3c3cccc([N+](=O)[O-])c3)s2)cc1. The first-order valence-corrected chi connectivity index (χ1v) is 13.8. The zero-order valence-corrected chi connectivity index (χ0v) is 22.4. The number of rotatable bonds is 6. The Morgan fingerprint density at radius 3 is 2.56 bits per heavy atom. The van der Waals surface area contributed by atoms with E-state index in [0.717, 1.165) is 11.1 Å². The lowest BCUT2D eigenvalue weighted by molar-refractivity contribution is -0.384. The second-order valence-corrected chi connectivity index (χ2v) is 11.4. The van der Waals surface area contributed by atoms with Gasteiger partial charge in [0.2, 0.25) is 10.9 Å². The van der Waals surface area contributed by atoms with E-state index in [1.165, 1.54) is 51.8 Å². The smallest absolute Gasteiger partial charge is 0.297 e. The summed E-state index contributed by atoms with van der Waals surface area (Å²) >= 11 is 2.70. The number of fused-ring (bicyclic) bond motifs is 2. The Morgan fingerprint density at radius 2 is 1.79 bits per heavy atom. The van der Waals surface area contributed by atoms with Gasteiger partial charge in [-0.25, -0.2) is 0 Å². The Labute approximate surface area is 230 Å². The molecule has 0 aliphatic carbocycles. The highest BCUT2D eigenvalue weighted by Gasteiger charge is 2.45. The molecule has 6 rings (SSSR count). The van der Waals surface area contributed by atoms with Crippen molar-refractivity contribution in [3.63, 3.8) is 0 Å². The van der Waals surface area contributed by atoms with Crippen molar-refractivity contribution < 1.29 is 14.1 Å². The van der Waals surface area contributed by atoms with Gasteiger partial charge in [0.05, 0.1) is 21.9 Å². The summed E-state index contributed by atoms with van der Waals surface area (Å²) in [5.74, 6) is 0.0200. The van der Waals surface area contributed by atoms with E-state index in [4.69, 9.17) is 4.42 Å². The van der Waals surface area contributed by atoms with Gasteiger partial charge in [-0.2, -0.15) is 0 Å². The van der Waals surface area contributed by atoms with Gasteiger partial charge in [0.1, 0.15) is 5.58 Å². The highest BCUT2D eigenvalue weighted by atomic mass is 32.2. The number of nitro benzene ring substituents is 1. The van der Waals surface area contributed by atoms with Crippen LogP contribution < -0.4 is 10.3 Å². The number of anilines is 1. The minimum atomic E-state index is -0.962. The number of hydrogen-bond acceptors (Lipinski definition) is 9. The Kier molecular flexibility index (Phi) is 6.24. The zero-order valence-electron chi connectivity index (χ0n) is 20.8. The van der Waals surface area contributed by atoms with Crippen molar-refractivity contribution in [1.29, 1.82) is 0 Å². The summed E-state index contributed by atoms with van der Waals surface area (Å²) in [7, 11) is 0.